The second kappa shape index (κ2) is 6.82. The maximum absolute atomic E-state index is 4.56. The van der Waals surface area contributed by atoms with Crippen molar-refractivity contribution in [2.45, 2.75) is 32.2 Å². The average molecular weight is 323 g/mol. The van der Waals surface area contributed by atoms with Gasteiger partial charge >= 0.3 is 0 Å². The molecule has 4 heterocycles. The van der Waals surface area contributed by atoms with Crippen LogP contribution in [0.2, 0.25) is 0 Å². The highest BCUT2D eigenvalue weighted by Crippen LogP contribution is 2.20. The van der Waals surface area contributed by atoms with Crippen LogP contribution in [0, 0.1) is 0 Å². The maximum atomic E-state index is 4.56. The first-order valence-electron chi connectivity index (χ1n) is 8.48. The lowest BCUT2D eigenvalue weighted by molar-refractivity contribution is 0.726. The van der Waals surface area contributed by atoms with E-state index in [1.54, 1.807) is 6.20 Å². The second-order valence-electron chi connectivity index (χ2n) is 6.13. The van der Waals surface area contributed by atoms with Gasteiger partial charge in [-0.3, -0.25) is 5.10 Å². The molecule has 1 fully saturated rings. The number of nitrogens with zero attached hydrogens (tertiary/aromatic N) is 5. The molecule has 0 spiro atoms. The molecule has 7 nitrogen and oxygen atoms in total. The number of aromatic nitrogens is 5. The average Bonchev–Trinajstić information content (AvgIpc) is 2.94. The van der Waals surface area contributed by atoms with Gasteiger partial charge in [-0.25, -0.2) is 15.0 Å². The first-order chi connectivity index (χ1) is 11.9. The first-order valence-corrected chi connectivity index (χ1v) is 8.48. The van der Waals surface area contributed by atoms with E-state index in [1.807, 2.05) is 12.3 Å². The van der Waals surface area contributed by atoms with Crippen LogP contribution >= 0.6 is 0 Å². The van der Waals surface area contributed by atoms with E-state index >= 15 is 0 Å². The van der Waals surface area contributed by atoms with E-state index in [0.29, 0.717) is 6.54 Å². The van der Waals surface area contributed by atoms with E-state index in [4.69, 9.17) is 0 Å². The molecule has 1 aliphatic rings. The van der Waals surface area contributed by atoms with Crippen LogP contribution in [0.25, 0.3) is 11.0 Å². The highest BCUT2D eigenvalue weighted by Gasteiger charge is 2.11. The minimum absolute atomic E-state index is 0.695. The number of hydrogen-bond donors (Lipinski definition) is 2. The maximum Gasteiger partial charge on any atom is 0.160 e. The fourth-order valence-electron chi connectivity index (χ4n) is 3.13. The van der Waals surface area contributed by atoms with Gasteiger partial charge < -0.3 is 10.2 Å². The van der Waals surface area contributed by atoms with Gasteiger partial charge in [-0.1, -0.05) is 12.8 Å². The largest absolute Gasteiger partial charge is 0.365 e. The zero-order chi connectivity index (χ0) is 16.2. The van der Waals surface area contributed by atoms with E-state index in [9.17, 15) is 0 Å². The summed E-state index contributed by atoms with van der Waals surface area (Å²) in [6.07, 6.45) is 10.3. The summed E-state index contributed by atoms with van der Waals surface area (Å²) in [6.45, 7) is 2.90. The van der Waals surface area contributed by atoms with Crippen molar-refractivity contribution in [1.29, 1.82) is 0 Å². The molecule has 0 saturated carbocycles. The lowest BCUT2D eigenvalue weighted by atomic mass is 10.2. The molecule has 0 amide bonds. The number of aromatic amines is 1. The molecule has 0 aliphatic carbocycles. The minimum Gasteiger partial charge on any atom is -0.365 e. The Morgan fingerprint density at radius 2 is 1.96 bits per heavy atom. The van der Waals surface area contributed by atoms with Crippen LogP contribution in [0.3, 0.4) is 0 Å². The molecule has 1 aliphatic heterocycles. The third kappa shape index (κ3) is 3.15. The van der Waals surface area contributed by atoms with Crippen LogP contribution in [0.15, 0.2) is 30.9 Å². The Bertz CT molecular complexity index is 805. The SMILES string of the molecule is c1cc(CNc2ncnc3[nH]ncc23)cc(N2CCCCCC2)n1. The highest BCUT2D eigenvalue weighted by atomic mass is 15.2. The zero-order valence-corrected chi connectivity index (χ0v) is 13.6. The van der Waals surface area contributed by atoms with Crippen LogP contribution in [0.5, 0.6) is 0 Å². The molecule has 3 aromatic heterocycles. The Labute approximate surface area is 140 Å². The number of anilines is 2. The van der Waals surface area contributed by atoms with Crippen molar-refractivity contribution < 1.29 is 0 Å². The number of nitrogens with one attached hydrogen (secondary N) is 2. The lowest BCUT2D eigenvalue weighted by Gasteiger charge is -2.21. The zero-order valence-electron chi connectivity index (χ0n) is 13.6. The number of hydrogen-bond acceptors (Lipinski definition) is 6. The molecule has 3 aromatic rings. The Balaban J connectivity index is 1.48. The number of fused-ring (bicyclic) bond motifs is 1. The first kappa shape index (κ1) is 14.9. The van der Waals surface area contributed by atoms with Gasteiger partial charge in [0.05, 0.1) is 11.6 Å². The molecule has 0 unspecified atom stereocenters. The lowest BCUT2D eigenvalue weighted by Crippen LogP contribution is -2.25. The summed E-state index contributed by atoms with van der Waals surface area (Å²) >= 11 is 0. The van der Waals surface area contributed by atoms with Crippen molar-refractivity contribution >= 4 is 22.7 Å². The van der Waals surface area contributed by atoms with Gasteiger partial charge in [0.2, 0.25) is 0 Å². The molecular formula is C17H21N7. The van der Waals surface area contributed by atoms with E-state index < -0.39 is 0 Å². The van der Waals surface area contributed by atoms with E-state index in [1.165, 1.54) is 37.6 Å². The normalized spacial score (nSPS) is 15.4. The topological polar surface area (TPSA) is 82.6 Å². The van der Waals surface area contributed by atoms with Crippen molar-refractivity contribution in [2.24, 2.45) is 0 Å². The molecule has 7 heteroatoms. The standard InChI is InChI=1S/C17H21N7/c1-2-4-8-24(7-3-1)15-9-13(5-6-18-15)10-19-16-14-11-22-23-17(14)21-12-20-16/h5-6,9,11-12H,1-4,7-8,10H2,(H2,19,20,21,22,23). The van der Waals surface area contributed by atoms with Crippen molar-refractivity contribution in [3.05, 3.63) is 36.4 Å². The van der Waals surface area contributed by atoms with Crippen LogP contribution in [0.1, 0.15) is 31.2 Å². The summed E-state index contributed by atoms with van der Waals surface area (Å²) in [5.41, 5.74) is 1.94. The van der Waals surface area contributed by atoms with Crippen LogP contribution in [-0.2, 0) is 6.54 Å². The van der Waals surface area contributed by atoms with Crippen LogP contribution < -0.4 is 10.2 Å². The Morgan fingerprint density at radius 1 is 1.08 bits per heavy atom. The molecule has 2 N–H and O–H groups in total. The van der Waals surface area contributed by atoms with Crippen molar-refractivity contribution in [2.75, 3.05) is 23.3 Å². The molecule has 124 valence electrons. The van der Waals surface area contributed by atoms with Gasteiger partial charge in [-0.2, -0.15) is 5.10 Å². The third-order valence-corrected chi connectivity index (χ3v) is 4.45. The monoisotopic (exact) mass is 323 g/mol. The fraction of sp³-hybridized carbons (Fsp3) is 0.412. The van der Waals surface area contributed by atoms with E-state index in [0.717, 1.165) is 35.8 Å². The molecule has 0 bridgehead atoms. The van der Waals surface area contributed by atoms with Crippen molar-refractivity contribution in [3.8, 4) is 0 Å². The van der Waals surface area contributed by atoms with E-state index in [2.05, 4.69) is 41.4 Å². The Hall–Kier alpha value is -2.70. The van der Waals surface area contributed by atoms with E-state index in [-0.39, 0.29) is 0 Å². The van der Waals surface area contributed by atoms with Gasteiger partial charge in [0, 0.05) is 25.8 Å². The van der Waals surface area contributed by atoms with Crippen LogP contribution in [-0.4, -0.2) is 38.2 Å². The fourth-order valence-corrected chi connectivity index (χ4v) is 3.13. The Morgan fingerprint density at radius 3 is 2.83 bits per heavy atom. The molecule has 0 atom stereocenters. The minimum atomic E-state index is 0.695. The number of H-pyrrole nitrogens is 1. The summed E-state index contributed by atoms with van der Waals surface area (Å²) < 4.78 is 0. The smallest absolute Gasteiger partial charge is 0.160 e. The summed E-state index contributed by atoms with van der Waals surface area (Å²) in [7, 11) is 0. The molecule has 4 rings (SSSR count). The predicted octanol–water partition coefficient (Wildman–Crippen LogP) is 2.74. The van der Waals surface area contributed by atoms with Gasteiger partial charge in [0.1, 0.15) is 18.0 Å². The van der Waals surface area contributed by atoms with Crippen molar-refractivity contribution in [1.82, 2.24) is 25.1 Å². The summed E-state index contributed by atoms with van der Waals surface area (Å²) in [4.78, 5) is 15.4. The summed E-state index contributed by atoms with van der Waals surface area (Å²) in [6, 6.07) is 4.22. The number of rotatable bonds is 4. The molecule has 1 saturated heterocycles. The summed E-state index contributed by atoms with van der Waals surface area (Å²) in [5, 5.41) is 11.2. The van der Waals surface area contributed by atoms with Gasteiger partial charge in [0.15, 0.2) is 5.65 Å². The van der Waals surface area contributed by atoms with Gasteiger partial charge in [0.25, 0.3) is 0 Å². The highest BCUT2D eigenvalue weighted by molar-refractivity contribution is 5.85. The third-order valence-electron chi connectivity index (χ3n) is 4.45. The molecule has 24 heavy (non-hydrogen) atoms. The molecule has 0 aromatic carbocycles. The predicted molar refractivity (Wildman–Crippen MR) is 93.9 cm³/mol. The quantitative estimate of drug-likeness (QED) is 0.768. The molecular weight excluding hydrogens is 302 g/mol. The van der Waals surface area contributed by atoms with Gasteiger partial charge in [-0.15, -0.1) is 0 Å². The molecule has 0 radical (unpaired) electrons. The summed E-state index contributed by atoms with van der Waals surface area (Å²) in [5.74, 6) is 1.87. The van der Waals surface area contributed by atoms with Gasteiger partial charge in [-0.05, 0) is 30.5 Å². The number of pyridine rings is 1. The second-order valence-corrected chi connectivity index (χ2v) is 6.13. The van der Waals surface area contributed by atoms with Crippen LogP contribution in [0.4, 0.5) is 11.6 Å². The van der Waals surface area contributed by atoms with Crippen molar-refractivity contribution in [3.63, 3.8) is 0 Å². The Kier molecular flexibility index (Phi) is 4.22.